The minimum absolute atomic E-state index is 0.209. The minimum Gasteiger partial charge on any atom is -0.259 e. The van der Waals surface area contributed by atoms with Crippen LogP contribution in [0, 0.1) is 0 Å². The Bertz CT molecular complexity index is 983. The Balaban J connectivity index is 1.67. The summed E-state index contributed by atoms with van der Waals surface area (Å²) in [6, 6.07) is 9.65. The molecule has 0 aliphatic heterocycles. The molecule has 8 heteroatoms. The summed E-state index contributed by atoms with van der Waals surface area (Å²) in [6.07, 6.45) is 6.28. The van der Waals surface area contributed by atoms with E-state index in [0.717, 1.165) is 5.69 Å². The number of hydrogen-bond acceptors (Lipinski definition) is 5. The van der Waals surface area contributed by atoms with Gasteiger partial charge in [-0.2, -0.15) is 0 Å². The molecule has 0 fully saturated rings. The van der Waals surface area contributed by atoms with E-state index in [1.165, 1.54) is 15.3 Å². The van der Waals surface area contributed by atoms with Crippen LogP contribution < -0.4 is 5.69 Å². The molecule has 4 rings (SSSR count). The second-order valence-corrected chi connectivity index (χ2v) is 4.69. The van der Waals surface area contributed by atoms with E-state index in [4.69, 9.17) is 0 Å². The SMILES string of the molecule is O=c1n(Cc2ncn(-c3ccccc3)n2)nc2cnccn12. The standard InChI is InChI=1S/C14H11N7O/c22-14-19-7-6-15-8-13(19)18-20(14)9-12-16-10-21(17-12)11-4-2-1-3-5-11/h1-8,10H,9H2. The normalized spacial score (nSPS) is 11.1. The Labute approximate surface area is 124 Å². The lowest BCUT2D eigenvalue weighted by Gasteiger charge is -1.98. The Morgan fingerprint density at radius 1 is 1.09 bits per heavy atom. The van der Waals surface area contributed by atoms with Gasteiger partial charge in [0.2, 0.25) is 0 Å². The van der Waals surface area contributed by atoms with Crippen LogP contribution in [0.25, 0.3) is 11.3 Å². The molecule has 0 aliphatic rings. The van der Waals surface area contributed by atoms with Gasteiger partial charge >= 0.3 is 5.69 Å². The van der Waals surface area contributed by atoms with Crippen LogP contribution >= 0.6 is 0 Å². The molecule has 4 aromatic rings. The van der Waals surface area contributed by atoms with Crippen molar-refractivity contribution in [1.82, 2.24) is 33.9 Å². The van der Waals surface area contributed by atoms with Crippen molar-refractivity contribution in [3.05, 3.63) is 71.6 Å². The molecule has 0 spiro atoms. The molecule has 1 aromatic carbocycles. The number of para-hydroxylation sites is 1. The minimum atomic E-state index is -0.242. The molecule has 0 atom stereocenters. The summed E-state index contributed by atoms with van der Waals surface area (Å²) in [4.78, 5) is 20.4. The Kier molecular flexibility index (Phi) is 2.78. The monoisotopic (exact) mass is 293 g/mol. The first kappa shape index (κ1) is 12.5. The van der Waals surface area contributed by atoms with Gasteiger partial charge in [0.25, 0.3) is 0 Å². The highest BCUT2D eigenvalue weighted by atomic mass is 16.2. The van der Waals surface area contributed by atoms with Gasteiger partial charge in [-0.15, -0.1) is 10.2 Å². The smallest absolute Gasteiger partial charge is 0.259 e. The number of hydrogen-bond donors (Lipinski definition) is 0. The Hall–Kier alpha value is -3.29. The third-order valence-corrected chi connectivity index (χ3v) is 3.24. The van der Waals surface area contributed by atoms with Crippen molar-refractivity contribution >= 4 is 5.65 Å². The van der Waals surface area contributed by atoms with Gasteiger partial charge in [0.05, 0.1) is 11.9 Å². The van der Waals surface area contributed by atoms with Crippen molar-refractivity contribution in [2.45, 2.75) is 6.54 Å². The second kappa shape index (κ2) is 4.92. The zero-order chi connectivity index (χ0) is 14.9. The maximum atomic E-state index is 12.2. The average Bonchev–Trinajstić information content (AvgIpc) is 3.15. The number of benzene rings is 1. The number of nitrogens with zero attached hydrogens (tertiary/aromatic N) is 7. The summed E-state index contributed by atoms with van der Waals surface area (Å²) in [5.41, 5.74) is 1.16. The molecule has 0 radical (unpaired) electrons. The number of rotatable bonds is 3. The van der Waals surface area contributed by atoms with E-state index in [1.807, 2.05) is 30.3 Å². The molecular formula is C14H11N7O. The lowest BCUT2D eigenvalue weighted by molar-refractivity contribution is 0.628. The maximum Gasteiger partial charge on any atom is 0.350 e. The molecule has 8 nitrogen and oxygen atoms in total. The lowest BCUT2D eigenvalue weighted by Crippen LogP contribution is -2.22. The summed E-state index contributed by atoms with van der Waals surface area (Å²) in [5.74, 6) is 0.516. The molecule has 0 N–H and O–H groups in total. The van der Waals surface area contributed by atoms with E-state index in [2.05, 4.69) is 20.2 Å². The molecular weight excluding hydrogens is 282 g/mol. The van der Waals surface area contributed by atoms with E-state index in [-0.39, 0.29) is 12.2 Å². The predicted octanol–water partition coefficient (Wildman–Crippen LogP) is 0.520. The van der Waals surface area contributed by atoms with Gasteiger partial charge < -0.3 is 0 Å². The van der Waals surface area contributed by atoms with Crippen LogP contribution in [-0.4, -0.2) is 33.9 Å². The molecule has 108 valence electrons. The van der Waals surface area contributed by atoms with Crippen molar-refractivity contribution in [3.8, 4) is 5.69 Å². The van der Waals surface area contributed by atoms with Crippen molar-refractivity contribution in [2.24, 2.45) is 0 Å². The molecule has 3 aromatic heterocycles. The number of aromatic nitrogens is 7. The molecule has 0 saturated heterocycles. The van der Waals surface area contributed by atoms with Crippen LogP contribution in [0.2, 0.25) is 0 Å². The van der Waals surface area contributed by atoms with Crippen molar-refractivity contribution in [3.63, 3.8) is 0 Å². The van der Waals surface area contributed by atoms with E-state index < -0.39 is 0 Å². The summed E-state index contributed by atoms with van der Waals surface area (Å²) in [7, 11) is 0. The van der Waals surface area contributed by atoms with Crippen molar-refractivity contribution in [1.29, 1.82) is 0 Å². The maximum absolute atomic E-state index is 12.2. The first-order valence-electron chi connectivity index (χ1n) is 6.66. The fraction of sp³-hybridized carbons (Fsp3) is 0.0714. The fourth-order valence-corrected chi connectivity index (χ4v) is 2.19. The van der Waals surface area contributed by atoms with Crippen LogP contribution in [0.3, 0.4) is 0 Å². The van der Waals surface area contributed by atoms with E-state index in [9.17, 15) is 4.79 Å². The molecule has 0 bridgehead atoms. The van der Waals surface area contributed by atoms with Crippen LogP contribution in [0.15, 0.2) is 60.0 Å². The van der Waals surface area contributed by atoms with E-state index in [1.54, 1.807) is 23.4 Å². The predicted molar refractivity (Wildman–Crippen MR) is 77.7 cm³/mol. The largest absolute Gasteiger partial charge is 0.350 e. The van der Waals surface area contributed by atoms with Gasteiger partial charge in [-0.05, 0) is 12.1 Å². The fourth-order valence-electron chi connectivity index (χ4n) is 2.19. The van der Waals surface area contributed by atoms with E-state index in [0.29, 0.717) is 11.5 Å². The van der Waals surface area contributed by atoms with Crippen LogP contribution in [0.1, 0.15) is 5.82 Å². The van der Waals surface area contributed by atoms with Gasteiger partial charge in [-0.25, -0.2) is 23.5 Å². The molecule has 22 heavy (non-hydrogen) atoms. The van der Waals surface area contributed by atoms with Gasteiger partial charge in [0.15, 0.2) is 11.5 Å². The molecule has 0 amide bonds. The highest BCUT2D eigenvalue weighted by Crippen LogP contribution is 2.05. The van der Waals surface area contributed by atoms with Crippen LogP contribution in [0.4, 0.5) is 0 Å². The average molecular weight is 293 g/mol. The highest BCUT2D eigenvalue weighted by Gasteiger charge is 2.10. The van der Waals surface area contributed by atoms with Crippen LogP contribution in [-0.2, 0) is 6.54 Å². The van der Waals surface area contributed by atoms with Gasteiger partial charge in [0, 0.05) is 12.4 Å². The quantitative estimate of drug-likeness (QED) is 0.550. The zero-order valence-corrected chi connectivity index (χ0v) is 11.4. The summed E-state index contributed by atoms with van der Waals surface area (Å²) >= 11 is 0. The zero-order valence-electron chi connectivity index (χ0n) is 11.4. The molecule has 0 saturated carbocycles. The molecule has 0 aliphatic carbocycles. The summed E-state index contributed by atoms with van der Waals surface area (Å²) in [6.45, 7) is 0.209. The first-order chi connectivity index (χ1) is 10.8. The highest BCUT2D eigenvalue weighted by molar-refractivity contribution is 5.32. The summed E-state index contributed by atoms with van der Waals surface area (Å²) in [5, 5.41) is 8.57. The topological polar surface area (TPSA) is 82.9 Å². The summed E-state index contributed by atoms with van der Waals surface area (Å²) < 4.78 is 4.42. The first-order valence-corrected chi connectivity index (χ1v) is 6.66. The van der Waals surface area contributed by atoms with E-state index >= 15 is 0 Å². The third kappa shape index (κ3) is 2.06. The lowest BCUT2D eigenvalue weighted by atomic mass is 10.3. The third-order valence-electron chi connectivity index (χ3n) is 3.24. The van der Waals surface area contributed by atoms with Gasteiger partial charge in [0.1, 0.15) is 12.9 Å². The van der Waals surface area contributed by atoms with Gasteiger partial charge in [-0.3, -0.25) is 4.98 Å². The van der Waals surface area contributed by atoms with Gasteiger partial charge in [-0.1, -0.05) is 18.2 Å². The molecule has 3 heterocycles. The Morgan fingerprint density at radius 3 is 2.77 bits per heavy atom. The second-order valence-electron chi connectivity index (χ2n) is 4.69. The molecule has 0 unspecified atom stereocenters. The Morgan fingerprint density at radius 2 is 1.95 bits per heavy atom. The van der Waals surface area contributed by atoms with Crippen molar-refractivity contribution < 1.29 is 0 Å². The number of fused-ring (bicyclic) bond motifs is 1. The van der Waals surface area contributed by atoms with Crippen LogP contribution in [0.5, 0.6) is 0 Å². The van der Waals surface area contributed by atoms with Crippen molar-refractivity contribution in [2.75, 3.05) is 0 Å².